The van der Waals surface area contributed by atoms with Gasteiger partial charge in [0, 0.05) is 29.6 Å². The number of aromatic nitrogens is 5. The van der Waals surface area contributed by atoms with E-state index in [1.165, 1.54) is 0 Å². The maximum atomic E-state index is 13.7. The Labute approximate surface area is 214 Å². The number of hydrogen-bond donors (Lipinski definition) is 1. The van der Waals surface area contributed by atoms with Crippen molar-refractivity contribution in [1.29, 1.82) is 0 Å². The van der Waals surface area contributed by atoms with Gasteiger partial charge in [-0.2, -0.15) is 0 Å². The first-order chi connectivity index (χ1) is 18.2. The lowest BCUT2D eigenvalue weighted by Gasteiger charge is -2.32. The van der Waals surface area contributed by atoms with E-state index in [-0.39, 0.29) is 17.7 Å². The van der Waals surface area contributed by atoms with Gasteiger partial charge in [0.1, 0.15) is 17.6 Å². The normalized spacial score (nSPS) is 19.2. The predicted octanol–water partition coefficient (Wildman–Crippen LogP) is 4.00. The minimum absolute atomic E-state index is 0.0629. The van der Waals surface area contributed by atoms with Crippen LogP contribution in [0.1, 0.15) is 67.8 Å². The Morgan fingerprint density at radius 2 is 2.08 bits per heavy atom. The summed E-state index contributed by atoms with van der Waals surface area (Å²) in [5.74, 6) is 2.20. The monoisotopic (exact) mass is 504 g/mol. The van der Waals surface area contributed by atoms with Gasteiger partial charge in [0.2, 0.25) is 0 Å². The highest BCUT2D eigenvalue weighted by atomic mass is 16.5. The Morgan fingerprint density at radius 1 is 1.19 bits per heavy atom. The van der Waals surface area contributed by atoms with Crippen LogP contribution in [0.4, 0.5) is 0 Å². The molecule has 0 unspecified atom stereocenters. The molecule has 0 bridgehead atoms. The van der Waals surface area contributed by atoms with Gasteiger partial charge in [0.05, 0.1) is 32.1 Å². The molecule has 1 aromatic carbocycles. The van der Waals surface area contributed by atoms with Crippen LogP contribution in [0.15, 0.2) is 51.9 Å². The van der Waals surface area contributed by atoms with E-state index in [0.29, 0.717) is 24.5 Å². The van der Waals surface area contributed by atoms with Gasteiger partial charge in [-0.3, -0.25) is 9.69 Å². The quantitative estimate of drug-likeness (QED) is 0.364. The van der Waals surface area contributed by atoms with Crippen LogP contribution in [0.25, 0.3) is 10.9 Å². The number of H-pyrrole nitrogens is 1. The van der Waals surface area contributed by atoms with Gasteiger partial charge in [-0.05, 0) is 72.5 Å². The van der Waals surface area contributed by atoms with Crippen LogP contribution in [0, 0.1) is 0 Å². The molecule has 1 saturated heterocycles. The lowest BCUT2D eigenvalue weighted by Crippen LogP contribution is -2.39. The predicted molar refractivity (Wildman–Crippen MR) is 136 cm³/mol. The lowest BCUT2D eigenvalue weighted by atomic mass is 10.0. The summed E-state index contributed by atoms with van der Waals surface area (Å²) in [7, 11) is 1.64. The number of ether oxygens (including phenoxy) is 2. The standard InChI is InChI=1S/C27H32N6O4/c1-35-20-10-11-24-18(14-20)15-23(27(34)28-24)25(26-29-30-31-33(26)19-6-2-3-7-19)32(16-21-8-4-12-36-21)17-22-9-5-13-37-22/h4,8,10-12,14-15,19,22,25H,2-3,5-7,9,13,16-17H2,1H3,(H,28,34)/t22-,25+/m0/s1. The second kappa shape index (κ2) is 10.5. The highest BCUT2D eigenvalue weighted by Crippen LogP contribution is 2.35. The molecular formula is C27H32N6O4. The molecule has 10 heteroatoms. The van der Waals surface area contributed by atoms with Crippen molar-refractivity contribution in [3.8, 4) is 5.75 Å². The fraction of sp³-hybridized carbons (Fsp3) is 0.481. The number of nitrogens with one attached hydrogen (secondary N) is 1. The molecule has 10 nitrogen and oxygen atoms in total. The molecule has 2 fully saturated rings. The summed E-state index contributed by atoms with van der Waals surface area (Å²) in [6, 6.07) is 11.1. The number of rotatable bonds is 9. The van der Waals surface area contributed by atoms with E-state index >= 15 is 0 Å². The number of methoxy groups -OCH3 is 1. The summed E-state index contributed by atoms with van der Waals surface area (Å²) in [5, 5.41) is 13.9. The molecule has 4 aromatic rings. The highest BCUT2D eigenvalue weighted by molar-refractivity contribution is 5.80. The van der Waals surface area contributed by atoms with Crippen LogP contribution in [0.3, 0.4) is 0 Å². The zero-order valence-electron chi connectivity index (χ0n) is 21.0. The van der Waals surface area contributed by atoms with Gasteiger partial charge < -0.3 is 18.9 Å². The summed E-state index contributed by atoms with van der Waals surface area (Å²) in [4.78, 5) is 19.0. The minimum Gasteiger partial charge on any atom is -0.497 e. The molecule has 1 aliphatic heterocycles. The number of hydrogen-bond acceptors (Lipinski definition) is 8. The topological polar surface area (TPSA) is 111 Å². The van der Waals surface area contributed by atoms with Gasteiger partial charge >= 0.3 is 0 Å². The molecule has 194 valence electrons. The average molecular weight is 505 g/mol. The molecule has 1 saturated carbocycles. The lowest BCUT2D eigenvalue weighted by molar-refractivity contribution is 0.0541. The molecule has 2 atom stereocenters. The molecule has 37 heavy (non-hydrogen) atoms. The van der Waals surface area contributed by atoms with E-state index < -0.39 is 6.04 Å². The summed E-state index contributed by atoms with van der Waals surface area (Å²) in [6.45, 7) is 1.86. The Kier molecular flexibility index (Phi) is 6.75. The molecule has 2 aliphatic rings. The fourth-order valence-corrected chi connectivity index (χ4v) is 5.73. The molecule has 1 N–H and O–H groups in total. The number of furan rings is 1. The van der Waals surface area contributed by atoms with Gasteiger partial charge in [0.15, 0.2) is 5.82 Å². The van der Waals surface area contributed by atoms with Crippen LogP contribution in [0.5, 0.6) is 5.75 Å². The zero-order valence-corrected chi connectivity index (χ0v) is 21.0. The Morgan fingerprint density at radius 3 is 2.84 bits per heavy atom. The molecule has 6 rings (SSSR count). The van der Waals surface area contributed by atoms with E-state index in [1.54, 1.807) is 13.4 Å². The van der Waals surface area contributed by atoms with Crippen LogP contribution < -0.4 is 10.3 Å². The molecule has 0 radical (unpaired) electrons. The first kappa shape index (κ1) is 23.9. The van der Waals surface area contributed by atoms with Crippen LogP contribution in [0.2, 0.25) is 0 Å². The average Bonchev–Trinajstić information content (AvgIpc) is 3.73. The second-order valence-corrected chi connectivity index (χ2v) is 9.97. The number of tetrazole rings is 1. The molecule has 0 amide bonds. The fourth-order valence-electron chi connectivity index (χ4n) is 5.73. The number of aromatic amines is 1. The van der Waals surface area contributed by atoms with Gasteiger partial charge in [-0.25, -0.2) is 4.68 Å². The van der Waals surface area contributed by atoms with Crippen molar-refractivity contribution < 1.29 is 13.9 Å². The molecule has 0 spiro atoms. The van der Waals surface area contributed by atoms with Gasteiger partial charge in [0.25, 0.3) is 5.56 Å². The third-order valence-corrected chi connectivity index (χ3v) is 7.57. The highest BCUT2D eigenvalue weighted by Gasteiger charge is 2.35. The number of fused-ring (bicyclic) bond motifs is 1. The maximum absolute atomic E-state index is 13.7. The van der Waals surface area contributed by atoms with Crippen molar-refractivity contribution in [3.05, 3.63) is 70.2 Å². The van der Waals surface area contributed by atoms with Crippen LogP contribution in [-0.4, -0.2) is 56.5 Å². The van der Waals surface area contributed by atoms with E-state index in [2.05, 4.69) is 25.4 Å². The zero-order chi connectivity index (χ0) is 25.2. The smallest absolute Gasteiger partial charge is 0.253 e. The van der Waals surface area contributed by atoms with E-state index in [0.717, 1.165) is 67.5 Å². The van der Waals surface area contributed by atoms with E-state index in [4.69, 9.17) is 13.9 Å². The molecule has 1 aliphatic carbocycles. The number of benzene rings is 1. The number of pyridine rings is 1. The molecule has 4 heterocycles. The first-order valence-electron chi connectivity index (χ1n) is 13.1. The molecule has 3 aromatic heterocycles. The van der Waals surface area contributed by atoms with Gasteiger partial charge in [-0.1, -0.05) is 12.8 Å². The van der Waals surface area contributed by atoms with Crippen molar-refractivity contribution in [3.63, 3.8) is 0 Å². The van der Waals surface area contributed by atoms with Gasteiger partial charge in [-0.15, -0.1) is 5.10 Å². The Balaban J connectivity index is 1.50. The Bertz CT molecular complexity index is 1390. The van der Waals surface area contributed by atoms with Crippen molar-refractivity contribution >= 4 is 10.9 Å². The second-order valence-electron chi connectivity index (χ2n) is 9.97. The largest absolute Gasteiger partial charge is 0.497 e. The van der Waals surface area contributed by atoms with E-state index in [1.807, 2.05) is 41.1 Å². The summed E-state index contributed by atoms with van der Waals surface area (Å²) in [6.07, 6.45) is 8.09. The maximum Gasteiger partial charge on any atom is 0.253 e. The summed E-state index contributed by atoms with van der Waals surface area (Å²) >= 11 is 0. The third kappa shape index (κ3) is 4.91. The summed E-state index contributed by atoms with van der Waals surface area (Å²) in [5.41, 5.74) is 1.17. The van der Waals surface area contributed by atoms with Crippen LogP contribution in [-0.2, 0) is 11.3 Å². The first-order valence-corrected chi connectivity index (χ1v) is 13.1. The van der Waals surface area contributed by atoms with Crippen LogP contribution >= 0.6 is 0 Å². The minimum atomic E-state index is -0.496. The SMILES string of the molecule is COc1ccc2[nH]c(=O)c([C@H](c3nnnn3C3CCCC3)N(Cc3ccco3)C[C@@H]3CCCO3)cc2c1. The van der Waals surface area contributed by atoms with Crippen molar-refractivity contribution in [2.75, 3.05) is 20.3 Å². The number of nitrogens with zero attached hydrogens (tertiary/aromatic N) is 5. The van der Waals surface area contributed by atoms with Crippen molar-refractivity contribution in [2.24, 2.45) is 0 Å². The Hall–Kier alpha value is -3.50. The van der Waals surface area contributed by atoms with Crippen molar-refractivity contribution in [2.45, 2.75) is 63.3 Å². The third-order valence-electron chi connectivity index (χ3n) is 7.57. The van der Waals surface area contributed by atoms with E-state index in [9.17, 15) is 4.79 Å². The molecular weight excluding hydrogens is 472 g/mol. The summed E-state index contributed by atoms with van der Waals surface area (Å²) < 4.78 is 19.2. The van der Waals surface area contributed by atoms with Crippen molar-refractivity contribution in [1.82, 2.24) is 30.1 Å².